The summed E-state index contributed by atoms with van der Waals surface area (Å²) >= 11 is 0. The topological polar surface area (TPSA) is 64.7 Å². The molecule has 0 bridgehead atoms. The molecule has 0 unspecified atom stereocenters. The molecule has 0 fully saturated rings. The van der Waals surface area contributed by atoms with Crippen molar-refractivity contribution in [3.05, 3.63) is 89.9 Å². The number of hydrogen-bond acceptors (Lipinski definition) is 3. The molecule has 6 nitrogen and oxygen atoms in total. The molecule has 4 heterocycles. The van der Waals surface area contributed by atoms with Gasteiger partial charge < -0.3 is 14.5 Å². The van der Waals surface area contributed by atoms with E-state index in [1.165, 1.54) is 12.1 Å². The lowest BCUT2D eigenvalue weighted by Crippen LogP contribution is -2.17. The lowest BCUT2D eigenvalue weighted by Gasteiger charge is -2.12. The van der Waals surface area contributed by atoms with Gasteiger partial charge in [-0.1, -0.05) is 0 Å². The zero-order chi connectivity index (χ0) is 21.7. The van der Waals surface area contributed by atoms with Gasteiger partial charge in [-0.05, 0) is 66.6 Å². The first-order valence-corrected chi connectivity index (χ1v) is 10.6. The molecule has 0 spiro atoms. The molecule has 0 radical (unpaired) electrons. The molecule has 0 atom stereocenters. The Bertz CT molecular complexity index is 1490. The van der Waals surface area contributed by atoms with Crippen LogP contribution in [0.1, 0.15) is 28.3 Å². The van der Waals surface area contributed by atoms with E-state index in [2.05, 4.69) is 14.9 Å². The van der Waals surface area contributed by atoms with Crippen molar-refractivity contribution in [2.45, 2.75) is 25.9 Å². The van der Waals surface area contributed by atoms with E-state index in [0.29, 0.717) is 23.3 Å². The van der Waals surface area contributed by atoms with Crippen LogP contribution >= 0.6 is 0 Å². The summed E-state index contributed by atoms with van der Waals surface area (Å²) in [4.78, 5) is 22.1. The van der Waals surface area contributed by atoms with E-state index in [1.54, 1.807) is 24.5 Å². The third-order valence-electron chi connectivity index (χ3n) is 6.05. The number of halogens is 1. The summed E-state index contributed by atoms with van der Waals surface area (Å²) in [6.45, 7) is 1.47. The molecular weight excluding hydrogens is 405 g/mol. The van der Waals surface area contributed by atoms with Gasteiger partial charge in [0.1, 0.15) is 17.3 Å². The van der Waals surface area contributed by atoms with Crippen LogP contribution in [0.3, 0.4) is 0 Å². The number of nitrogens with one attached hydrogen (secondary N) is 1. The molecule has 0 saturated heterocycles. The maximum Gasteiger partial charge on any atom is 0.272 e. The van der Waals surface area contributed by atoms with Crippen molar-refractivity contribution >= 4 is 33.5 Å². The quantitative estimate of drug-likeness (QED) is 0.451. The number of amides is 1. The average Bonchev–Trinajstić information content (AvgIpc) is 3.47. The third-order valence-corrected chi connectivity index (χ3v) is 6.05. The Hall–Kier alpha value is -4.00. The summed E-state index contributed by atoms with van der Waals surface area (Å²) in [7, 11) is 0. The Balaban J connectivity index is 1.37. The van der Waals surface area contributed by atoms with Crippen LogP contribution in [-0.4, -0.2) is 25.0 Å². The highest BCUT2D eigenvalue weighted by atomic mass is 19.1. The number of carbonyl (C=O) groups is 1. The van der Waals surface area contributed by atoms with E-state index in [9.17, 15) is 9.18 Å². The molecule has 1 N–H and O–H groups in total. The van der Waals surface area contributed by atoms with E-state index in [1.807, 2.05) is 34.9 Å². The largest absolute Gasteiger partial charge is 0.332 e. The summed E-state index contributed by atoms with van der Waals surface area (Å²) in [5.41, 5.74) is 4.94. The fourth-order valence-electron chi connectivity index (χ4n) is 4.56. The molecule has 1 aliphatic rings. The van der Waals surface area contributed by atoms with E-state index in [0.717, 1.165) is 47.3 Å². The number of nitrogens with zero attached hydrogens (tertiary/aromatic N) is 4. The summed E-state index contributed by atoms with van der Waals surface area (Å²) in [6, 6.07) is 15.9. The van der Waals surface area contributed by atoms with Crippen molar-refractivity contribution in [3.8, 4) is 0 Å². The number of hydrogen-bond donors (Lipinski definition) is 1. The number of carbonyl (C=O) groups excluding carboxylic acids is 1. The van der Waals surface area contributed by atoms with Crippen molar-refractivity contribution in [1.82, 2.24) is 19.1 Å². The predicted octanol–water partition coefficient (Wildman–Crippen LogP) is 4.77. The van der Waals surface area contributed by atoms with Gasteiger partial charge in [-0.25, -0.2) is 9.37 Å². The number of aromatic nitrogens is 4. The fraction of sp³-hybridized carbons (Fsp3) is 0.160. The zero-order valence-corrected chi connectivity index (χ0v) is 17.3. The van der Waals surface area contributed by atoms with Gasteiger partial charge in [-0.2, -0.15) is 0 Å². The van der Waals surface area contributed by atoms with Gasteiger partial charge >= 0.3 is 0 Å². The summed E-state index contributed by atoms with van der Waals surface area (Å²) < 4.78 is 18.0. The Morgan fingerprint density at radius 3 is 2.75 bits per heavy atom. The third kappa shape index (κ3) is 3.13. The molecule has 0 saturated carbocycles. The van der Waals surface area contributed by atoms with Crippen LogP contribution in [0.15, 0.2) is 67.0 Å². The number of benzene rings is 2. The molecule has 1 amide bonds. The van der Waals surface area contributed by atoms with E-state index >= 15 is 0 Å². The predicted molar refractivity (Wildman–Crippen MR) is 121 cm³/mol. The molecule has 7 heteroatoms. The second-order valence-electron chi connectivity index (χ2n) is 8.12. The average molecular weight is 425 g/mol. The Labute approximate surface area is 183 Å². The first kappa shape index (κ1) is 18.7. The van der Waals surface area contributed by atoms with Crippen molar-refractivity contribution in [3.63, 3.8) is 0 Å². The summed E-state index contributed by atoms with van der Waals surface area (Å²) in [5, 5.41) is 3.69. The second kappa shape index (κ2) is 7.30. The number of pyridine rings is 1. The van der Waals surface area contributed by atoms with Gasteiger partial charge in [0.15, 0.2) is 0 Å². The van der Waals surface area contributed by atoms with Crippen molar-refractivity contribution in [2.75, 3.05) is 5.32 Å². The van der Waals surface area contributed by atoms with Crippen LogP contribution < -0.4 is 5.32 Å². The van der Waals surface area contributed by atoms with Gasteiger partial charge in [0.2, 0.25) is 0 Å². The summed E-state index contributed by atoms with van der Waals surface area (Å²) in [6.07, 6.45) is 5.55. The minimum absolute atomic E-state index is 0.248. The smallest absolute Gasteiger partial charge is 0.272 e. The Kier molecular flexibility index (Phi) is 4.28. The van der Waals surface area contributed by atoms with Crippen LogP contribution in [0.2, 0.25) is 0 Å². The normalized spacial score (nSPS) is 13.0. The maximum absolute atomic E-state index is 13.8. The Morgan fingerprint density at radius 2 is 1.88 bits per heavy atom. The van der Waals surface area contributed by atoms with E-state index in [4.69, 9.17) is 4.98 Å². The molecule has 0 aliphatic carbocycles. The van der Waals surface area contributed by atoms with Crippen LogP contribution in [-0.2, 0) is 19.5 Å². The van der Waals surface area contributed by atoms with Crippen LogP contribution in [0.25, 0.3) is 21.9 Å². The molecular formula is C25H20FN5O. The molecule has 3 aromatic heterocycles. The van der Waals surface area contributed by atoms with Gasteiger partial charge in [0.25, 0.3) is 5.91 Å². The Morgan fingerprint density at radius 1 is 1.03 bits per heavy atom. The van der Waals surface area contributed by atoms with Crippen molar-refractivity contribution in [1.29, 1.82) is 0 Å². The van der Waals surface area contributed by atoms with E-state index < -0.39 is 0 Å². The lowest BCUT2D eigenvalue weighted by molar-refractivity contribution is 0.101. The number of imidazole rings is 1. The first-order valence-electron chi connectivity index (χ1n) is 10.6. The minimum atomic E-state index is -0.330. The monoisotopic (exact) mass is 425 g/mol. The number of fused-ring (bicyclic) bond motifs is 4. The zero-order valence-electron chi connectivity index (χ0n) is 17.3. The van der Waals surface area contributed by atoms with Gasteiger partial charge in [-0.15, -0.1) is 0 Å². The standard InChI is InChI=1S/C25H20FN5O/c26-18-3-5-21-17(12-18)13-23(31(21)15-16-7-9-27-10-8-16)25(32)28-19-4-6-22-20(14-19)29-24-2-1-11-30(22)24/h3-10,12-14H,1-2,11,15H2,(H,28,32). The van der Waals surface area contributed by atoms with Crippen molar-refractivity contribution in [2.24, 2.45) is 0 Å². The summed E-state index contributed by atoms with van der Waals surface area (Å²) in [5.74, 6) is 0.522. The molecule has 6 rings (SSSR count). The minimum Gasteiger partial charge on any atom is -0.332 e. The number of rotatable bonds is 4. The van der Waals surface area contributed by atoms with Gasteiger partial charge in [0, 0.05) is 48.5 Å². The fourth-order valence-corrected chi connectivity index (χ4v) is 4.56. The highest BCUT2D eigenvalue weighted by Crippen LogP contribution is 2.27. The number of aryl methyl sites for hydroxylation is 2. The molecule has 1 aliphatic heterocycles. The van der Waals surface area contributed by atoms with Gasteiger partial charge in [-0.3, -0.25) is 9.78 Å². The van der Waals surface area contributed by atoms with E-state index in [-0.39, 0.29) is 11.7 Å². The molecule has 2 aromatic carbocycles. The SMILES string of the molecule is O=C(Nc1ccc2c(c1)nc1n2CCC1)c1cc2cc(F)ccc2n1Cc1ccncc1. The highest BCUT2D eigenvalue weighted by molar-refractivity contribution is 6.07. The highest BCUT2D eigenvalue weighted by Gasteiger charge is 2.19. The van der Waals surface area contributed by atoms with Crippen LogP contribution in [0, 0.1) is 5.82 Å². The lowest BCUT2D eigenvalue weighted by atomic mass is 10.2. The van der Waals surface area contributed by atoms with Crippen molar-refractivity contribution < 1.29 is 9.18 Å². The van der Waals surface area contributed by atoms with Crippen LogP contribution in [0.4, 0.5) is 10.1 Å². The van der Waals surface area contributed by atoms with Gasteiger partial charge in [0.05, 0.1) is 11.0 Å². The first-order chi connectivity index (χ1) is 15.7. The molecule has 32 heavy (non-hydrogen) atoms. The molecule has 158 valence electrons. The second-order valence-corrected chi connectivity index (χ2v) is 8.12. The maximum atomic E-state index is 13.8. The number of anilines is 1. The van der Waals surface area contributed by atoms with Crippen LogP contribution in [0.5, 0.6) is 0 Å². The molecule has 5 aromatic rings.